The van der Waals surface area contributed by atoms with E-state index in [-0.39, 0.29) is 17.3 Å². The number of pyridine rings is 1. The maximum absolute atomic E-state index is 12.5. The molecule has 4 N–H and O–H groups in total. The molecule has 0 fully saturated rings. The lowest BCUT2D eigenvalue weighted by Crippen LogP contribution is -2.35. The molecule has 0 aliphatic carbocycles. The van der Waals surface area contributed by atoms with Gasteiger partial charge in [0, 0.05) is 7.05 Å². The predicted molar refractivity (Wildman–Crippen MR) is 60.8 cm³/mol. The van der Waals surface area contributed by atoms with Crippen molar-refractivity contribution in [2.24, 2.45) is 0 Å². The van der Waals surface area contributed by atoms with Crippen LogP contribution in [0.15, 0.2) is 12.3 Å². The number of nitrogens with one attached hydrogen (secondary N) is 2. The molecule has 0 saturated carbocycles. The maximum Gasteiger partial charge on any atom is 0.433 e. The lowest BCUT2D eigenvalue weighted by molar-refractivity contribution is -0.141. The highest BCUT2D eigenvalue weighted by atomic mass is 19.4. The number of anilines is 2. The van der Waals surface area contributed by atoms with E-state index in [2.05, 4.69) is 15.6 Å². The molecule has 1 aromatic heterocycles. The summed E-state index contributed by atoms with van der Waals surface area (Å²) in [5.41, 5.74) is 4.49. The summed E-state index contributed by atoms with van der Waals surface area (Å²) in [6.07, 6.45) is -3.65. The molecule has 1 rings (SSSR count). The highest BCUT2D eigenvalue weighted by molar-refractivity contribution is 5.85. The number of halogens is 3. The van der Waals surface area contributed by atoms with E-state index >= 15 is 0 Å². The number of carbonyl (C=O) groups excluding carboxylic acids is 1. The van der Waals surface area contributed by atoms with E-state index in [0.29, 0.717) is 0 Å². The summed E-state index contributed by atoms with van der Waals surface area (Å²) in [6, 6.07) is 0.0650. The number of likely N-dealkylation sites (N-methyl/N-ethyl adjacent to an activating group) is 1. The summed E-state index contributed by atoms with van der Waals surface area (Å²) in [5, 5.41) is 4.97. The number of hydrogen-bond donors (Lipinski definition) is 3. The van der Waals surface area contributed by atoms with Gasteiger partial charge >= 0.3 is 6.18 Å². The number of nitrogens with two attached hydrogens (primary N) is 1. The number of nitrogens with zero attached hydrogens (tertiary/aromatic N) is 1. The van der Waals surface area contributed by atoms with Gasteiger partial charge in [-0.15, -0.1) is 0 Å². The van der Waals surface area contributed by atoms with Crippen LogP contribution >= 0.6 is 0 Å². The van der Waals surface area contributed by atoms with Crippen LogP contribution in [-0.2, 0) is 11.0 Å². The highest BCUT2D eigenvalue weighted by Crippen LogP contribution is 2.31. The molecule has 0 bridgehead atoms. The minimum Gasteiger partial charge on any atom is -0.396 e. The highest BCUT2D eigenvalue weighted by Gasteiger charge is 2.33. The third-order valence-electron chi connectivity index (χ3n) is 2.24. The number of alkyl halides is 3. The summed E-state index contributed by atoms with van der Waals surface area (Å²) >= 11 is 0. The fourth-order valence-corrected chi connectivity index (χ4v) is 1.26. The number of nitrogen functional groups attached to an aromatic ring is 1. The van der Waals surface area contributed by atoms with E-state index in [4.69, 9.17) is 5.73 Å². The van der Waals surface area contributed by atoms with Crippen molar-refractivity contribution in [1.29, 1.82) is 0 Å². The topological polar surface area (TPSA) is 80.0 Å². The van der Waals surface area contributed by atoms with Crippen molar-refractivity contribution in [3.8, 4) is 0 Å². The third-order valence-corrected chi connectivity index (χ3v) is 2.24. The second kappa shape index (κ2) is 5.11. The monoisotopic (exact) mass is 262 g/mol. The van der Waals surface area contributed by atoms with Crippen molar-refractivity contribution < 1.29 is 18.0 Å². The first-order chi connectivity index (χ1) is 8.25. The van der Waals surface area contributed by atoms with Gasteiger partial charge in [-0.2, -0.15) is 13.2 Å². The van der Waals surface area contributed by atoms with E-state index in [0.717, 1.165) is 12.3 Å². The molecule has 8 heteroatoms. The Morgan fingerprint density at radius 3 is 2.61 bits per heavy atom. The number of rotatable bonds is 3. The zero-order valence-corrected chi connectivity index (χ0v) is 9.80. The van der Waals surface area contributed by atoms with Gasteiger partial charge in [-0.3, -0.25) is 4.79 Å². The van der Waals surface area contributed by atoms with Crippen LogP contribution in [-0.4, -0.2) is 24.0 Å². The largest absolute Gasteiger partial charge is 0.433 e. The minimum absolute atomic E-state index is 0.0217. The zero-order valence-electron chi connectivity index (χ0n) is 9.80. The molecule has 1 heterocycles. The number of amides is 1. The first-order valence-corrected chi connectivity index (χ1v) is 5.06. The molecule has 100 valence electrons. The molecular weight excluding hydrogens is 249 g/mol. The van der Waals surface area contributed by atoms with Crippen molar-refractivity contribution in [3.05, 3.63) is 18.0 Å². The standard InChI is InChI=1S/C10H13F3N4O/c1-5(9(18)15-2)17-7-3-8(10(11,12)13)16-4-6(7)14/h3-5H,14H2,1-2H3,(H,15,18)(H,16,17). The molecule has 1 unspecified atom stereocenters. The lowest BCUT2D eigenvalue weighted by atomic mass is 10.2. The Bertz CT molecular complexity index is 447. The molecule has 1 atom stereocenters. The Morgan fingerprint density at radius 2 is 2.11 bits per heavy atom. The van der Waals surface area contributed by atoms with Crippen LogP contribution in [0.1, 0.15) is 12.6 Å². The van der Waals surface area contributed by atoms with Gasteiger partial charge in [0.05, 0.1) is 17.6 Å². The van der Waals surface area contributed by atoms with Crippen molar-refractivity contribution in [1.82, 2.24) is 10.3 Å². The Labute approximate surface area is 102 Å². The van der Waals surface area contributed by atoms with Gasteiger partial charge in [-0.1, -0.05) is 0 Å². The van der Waals surface area contributed by atoms with Crippen molar-refractivity contribution in [2.75, 3.05) is 18.1 Å². The molecule has 0 aliphatic heterocycles. The van der Waals surface area contributed by atoms with Gasteiger partial charge in [0.25, 0.3) is 0 Å². The Kier molecular flexibility index (Phi) is 4.00. The Hall–Kier alpha value is -1.99. The second-order valence-corrected chi connectivity index (χ2v) is 3.63. The summed E-state index contributed by atoms with van der Waals surface area (Å²) < 4.78 is 37.4. The fraction of sp³-hybridized carbons (Fsp3) is 0.400. The Morgan fingerprint density at radius 1 is 1.50 bits per heavy atom. The van der Waals surface area contributed by atoms with Crippen molar-refractivity contribution >= 4 is 17.3 Å². The molecule has 0 radical (unpaired) electrons. The minimum atomic E-state index is -4.56. The molecular formula is C10H13F3N4O. The molecule has 1 aromatic rings. The van der Waals surface area contributed by atoms with Crippen LogP contribution in [0.2, 0.25) is 0 Å². The van der Waals surface area contributed by atoms with Gasteiger partial charge in [0.1, 0.15) is 11.7 Å². The third kappa shape index (κ3) is 3.25. The molecule has 5 nitrogen and oxygen atoms in total. The SMILES string of the molecule is CNC(=O)C(C)Nc1cc(C(F)(F)F)ncc1N. The first-order valence-electron chi connectivity index (χ1n) is 5.06. The summed E-state index contributed by atoms with van der Waals surface area (Å²) in [5.74, 6) is -0.361. The van der Waals surface area contributed by atoms with E-state index in [1.807, 2.05) is 0 Å². The van der Waals surface area contributed by atoms with Gasteiger partial charge in [0.2, 0.25) is 5.91 Å². The normalized spacial score (nSPS) is 12.9. The molecule has 18 heavy (non-hydrogen) atoms. The maximum atomic E-state index is 12.5. The zero-order chi connectivity index (χ0) is 13.9. The van der Waals surface area contributed by atoms with Crippen LogP contribution in [0, 0.1) is 0 Å². The molecule has 0 spiro atoms. The molecule has 1 amide bonds. The predicted octanol–water partition coefficient (Wildman–Crippen LogP) is 1.23. The molecule has 0 aliphatic rings. The average Bonchev–Trinajstić information content (AvgIpc) is 2.29. The van der Waals surface area contributed by atoms with Crippen LogP contribution in [0.5, 0.6) is 0 Å². The number of aromatic nitrogens is 1. The second-order valence-electron chi connectivity index (χ2n) is 3.63. The van der Waals surface area contributed by atoms with Gasteiger partial charge in [-0.05, 0) is 13.0 Å². The van der Waals surface area contributed by atoms with E-state index < -0.39 is 17.9 Å². The van der Waals surface area contributed by atoms with E-state index in [1.165, 1.54) is 14.0 Å². The van der Waals surface area contributed by atoms with Gasteiger partial charge in [-0.25, -0.2) is 4.98 Å². The van der Waals surface area contributed by atoms with Crippen LogP contribution in [0.4, 0.5) is 24.5 Å². The number of hydrogen-bond acceptors (Lipinski definition) is 4. The summed E-state index contributed by atoms with van der Waals surface area (Å²) in [6.45, 7) is 1.51. The molecule has 0 saturated heterocycles. The Balaban J connectivity index is 2.98. The van der Waals surface area contributed by atoms with Crippen molar-refractivity contribution in [3.63, 3.8) is 0 Å². The summed E-state index contributed by atoms with van der Waals surface area (Å²) in [4.78, 5) is 14.4. The van der Waals surface area contributed by atoms with E-state index in [9.17, 15) is 18.0 Å². The first kappa shape index (κ1) is 14.1. The van der Waals surface area contributed by atoms with Gasteiger partial charge < -0.3 is 16.4 Å². The average molecular weight is 262 g/mol. The van der Waals surface area contributed by atoms with Crippen molar-refractivity contribution in [2.45, 2.75) is 19.1 Å². The number of carbonyl (C=O) groups is 1. The van der Waals surface area contributed by atoms with Crippen LogP contribution in [0.25, 0.3) is 0 Å². The smallest absolute Gasteiger partial charge is 0.396 e. The fourth-order valence-electron chi connectivity index (χ4n) is 1.26. The van der Waals surface area contributed by atoms with Crippen LogP contribution < -0.4 is 16.4 Å². The van der Waals surface area contributed by atoms with Crippen LogP contribution in [0.3, 0.4) is 0 Å². The lowest BCUT2D eigenvalue weighted by Gasteiger charge is -2.16. The quantitative estimate of drug-likeness (QED) is 0.765. The summed E-state index contributed by atoms with van der Waals surface area (Å²) in [7, 11) is 1.43. The van der Waals surface area contributed by atoms with Gasteiger partial charge in [0.15, 0.2) is 0 Å². The molecule has 0 aromatic carbocycles. The van der Waals surface area contributed by atoms with E-state index in [1.54, 1.807) is 0 Å².